The van der Waals surface area contributed by atoms with Gasteiger partial charge in [0.1, 0.15) is 29.6 Å². The third-order valence-corrected chi connectivity index (χ3v) is 4.71. The van der Waals surface area contributed by atoms with Gasteiger partial charge >= 0.3 is 0 Å². The molecule has 142 valence electrons. The minimum absolute atomic E-state index is 0.152. The Balaban J connectivity index is 1.57. The molecule has 0 radical (unpaired) electrons. The Morgan fingerprint density at radius 3 is 2.70 bits per heavy atom. The van der Waals surface area contributed by atoms with Crippen LogP contribution in [-0.4, -0.2) is 51.5 Å². The number of hydrogen-bond donors (Lipinski definition) is 3. The second kappa shape index (κ2) is 7.10. The molecule has 1 aliphatic rings. The fraction of sp³-hybridized carbons (Fsp3) is 0.316. The van der Waals surface area contributed by atoms with Crippen LogP contribution < -0.4 is 4.74 Å². The maximum absolute atomic E-state index is 9.97. The molecule has 0 saturated carbocycles. The summed E-state index contributed by atoms with van der Waals surface area (Å²) in [7, 11) is 0. The summed E-state index contributed by atoms with van der Waals surface area (Å²) >= 11 is 6.29. The van der Waals surface area contributed by atoms with Crippen molar-refractivity contribution in [3.8, 4) is 17.2 Å². The molecule has 1 aliphatic heterocycles. The summed E-state index contributed by atoms with van der Waals surface area (Å²) in [6.45, 7) is 1.83. The number of rotatable bonds is 3. The number of halogens is 1. The number of benzene rings is 2. The molecule has 1 saturated heterocycles. The highest BCUT2D eigenvalue weighted by Crippen LogP contribution is 2.33. The monoisotopic (exact) mass is 391 g/mol. The summed E-state index contributed by atoms with van der Waals surface area (Å²) < 4.78 is 16.5. The van der Waals surface area contributed by atoms with Crippen molar-refractivity contribution in [3.05, 3.63) is 47.0 Å². The highest BCUT2D eigenvalue weighted by atomic mass is 35.5. The van der Waals surface area contributed by atoms with Crippen molar-refractivity contribution in [2.75, 3.05) is 6.61 Å². The van der Waals surface area contributed by atoms with Crippen molar-refractivity contribution in [1.82, 2.24) is 4.98 Å². The van der Waals surface area contributed by atoms with Crippen molar-refractivity contribution in [1.29, 1.82) is 0 Å². The largest absolute Gasteiger partial charge is 0.460 e. The molecule has 0 aliphatic carbocycles. The van der Waals surface area contributed by atoms with E-state index in [9.17, 15) is 15.3 Å². The zero-order valence-corrected chi connectivity index (χ0v) is 15.1. The third-order valence-electron chi connectivity index (χ3n) is 4.42. The van der Waals surface area contributed by atoms with Gasteiger partial charge in [0.25, 0.3) is 0 Å². The zero-order valence-electron chi connectivity index (χ0n) is 14.4. The molecule has 27 heavy (non-hydrogen) atoms. The van der Waals surface area contributed by atoms with E-state index in [0.717, 1.165) is 11.1 Å². The Morgan fingerprint density at radius 1 is 1.11 bits per heavy atom. The molecule has 3 aromatic rings. The first-order chi connectivity index (χ1) is 12.9. The first-order valence-corrected chi connectivity index (χ1v) is 8.80. The lowest BCUT2D eigenvalue weighted by molar-refractivity contribution is -0.242. The molecule has 2 aromatic carbocycles. The summed E-state index contributed by atoms with van der Waals surface area (Å²) in [6.07, 6.45) is -5.06. The van der Waals surface area contributed by atoms with Gasteiger partial charge in [-0.2, -0.15) is 0 Å². The number of aromatic nitrogens is 1. The van der Waals surface area contributed by atoms with Gasteiger partial charge in [-0.15, -0.1) is 0 Å². The minimum atomic E-state index is -1.40. The molecule has 1 fully saturated rings. The van der Waals surface area contributed by atoms with Gasteiger partial charge < -0.3 is 29.2 Å². The van der Waals surface area contributed by atoms with E-state index in [1.165, 1.54) is 0 Å². The van der Waals surface area contributed by atoms with Crippen LogP contribution >= 0.6 is 11.6 Å². The maximum Gasteiger partial charge on any atom is 0.228 e. The maximum atomic E-state index is 9.97. The lowest BCUT2D eigenvalue weighted by atomic mass is 10.1. The minimum Gasteiger partial charge on any atom is -0.460 e. The van der Waals surface area contributed by atoms with Crippen LogP contribution in [0.1, 0.15) is 5.56 Å². The van der Waals surface area contributed by atoms with E-state index in [-0.39, 0.29) is 17.4 Å². The Labute approximate surface area is 159 Å². The van der Waals surface area contributed by atoms with Crippen LogP contribution in [0.3, 0.4) is 0 Å². The average Bonchev–Trinajstić information content (AvgIpc) is 3.06. The first kappa shape index (κ1) is 18.2. The fourth-order valence-corrected chi connectivity index (χ4v) is 3.12. The topological polar surface area (TPSA) is 105 Å². The van der Waals surface area contributed by atoms with E-state index in [1.807, 2.05) is 25.1 Å². The predicted octanol–water partition coefficient (Wildman–Crippen LogP) is 2.27. The number of aliphatic hydroxyl groups is 3. The molecular weight excluding hydrogens is 374 g/mol. The fourth-order valence-electron chi connectivity index (χ4n) is 2.90. The van der Waals surface area contributed by atoms with Gasteiger partial charge in [0, 0.05) is 5.56 Å². The van der Waals surface area contributed by atoms with E-state index in [0.29, 0.717) is 17.0 Å². The van der Waals surface area contributed by atoms with E-state index in [4.69, 9.17) is 25.5 Å². The predicted molar refractivity (Wildman–Crippen MR) is 97.6 cm³/mol. The van der Waals surface area contributed by atoms with E-state index >= 15 is 0 Å². The number of ether oxygens (including phenoxy) is 2. The first-order valence-electron chi connectivity index (χ1n) is 8.42. The number of hydrogen-bond acceptors (Lipinski definition) is 7. The standard InChI is InChI=1S/C19H18ClNO6/c1-9-2-4-15-12(6-9)21-18(26-15)10-3-5-14(11(20)7-10)27-19-17(24)16(23)13(22)8-25-19/h2-7,13,16-17,19,22-24H,8H2,1H3/t13-,16-,17+,19-/m0/s1. The molecule has 7 nitrogen and oxygen atoms in total. The Hall–Kier alpha value is -2.16. The van der Waals surface area contributed by atoms with Crippen LogP contribution in [0.15, 0.2) is 40.8 Å². The van der Waals surface area contributed by atoms with Crippen molar-refractivity contribution in [2.45, 2.75) is 31.5 Å². The Kier molecular flexibility index (Phi) is 4.79. The lowest BCUT2D eigenvalue weighted by Gasteiger charge is -2.35. The number of nitrogens with zero attached hydrogens (tertiary/aromatic N) is 1. The van der Waals surface area contributed by atoms with Crippen molar-refractivity contribution < 1.29 is 29.2 Å². The lowest BCUT2D eigenvalue weighted by Crippen LogP contribution is -2.54. The number of fused-ring (bicyclic) bond motifs is 1. The normalized spacial score (nSPS) is 25.7. The molecule has 2 heterocycles. The zero-order chi connectivity index (χ0) is 19.1. The molecule has 0 amide bonds. The second-order valence-electron chi connectivity index (χ2n) is 6.50. The Bertz CT molecular complexity index is 974. The van der Waals surface area contributed by atoms with Gasteiger partial charge in [0.15, 0.2) is 5.58 Å². The van der Waals surface area contributed by atoms with Gasteiger partial charge in [-0.3, -0.25) is 0 Å². The van der Waals surface area contributed by atoms with E-state index in [2.05, 4.69) is 4.98 Å². The van der Waals surface area contributed by atoms with Crippen LogP contribution in [0.25, 0.3) is 22.6 Å². The Morgan fingerprint density at radius 2 is 1.93 bits per heavy atom. The van der Waals surface area contributed by atoms with Gasteiger partial charge in [0.2, 0.25) is 12.2 Å². The van der Waals surface area contributed by atoms with Gasteiger partial charge in [-0.25, -0.2) is 4.98 Å². The van der Waals surface area contributed by atoms with Gasteiger partial charge in [-0.1, -0.05) is 17.7 Å². The smallest absolute Gasteiger partial charge is 0.228 e. The molecule has 3 N–H and O–H groups in total. The van der Waals surface area contributed by atoms with Gasteiger partial charge in [0.05, 0.1) is 11.6 Å². The third kappa shape index (κ3) is 3.52. The SMILES string of the molecule is Cc1ccc2oc(-c3ccc(O[C@@H]4OC[C@H](O)[C@H](O)[C@H]4O)c(Cl)c3)nc2c1. The summed E-state index contributed by atoms with van der Waals surface area (Å²) in [4.78, 5) is 4.47. The van der Waals surface area contributed by atoms with E-state index < -0.39 is 24.6 Å². The molecular formula is C19H18ClNO6. The molecule has 0 spiro atoms. The van der Waals surface area contributed by atoms with Crippen LogP contribution in [0.2, 0.25) is 5.02 Å². The molecule has 0 bridgehead atoms. The molecule has 8 heteroatoms. The average molecular weight is 392 g/mol. The van der Waals surface area contributed by atoms with Crippen molar-refractivity contribution >= 4 is 22.7 Å². The number of aliphatic hydroxyl groups excluding tert-OH is 3. The molecule has 1 aromatic heterocycles. The highest BCUT2D eigenvalue weighted by molar-refractivity contribution is 6.32. The van der Waals surface area contributed by atoms with E-state index in [1.54, 1.807) is 18.2 Å². The van der Waals surface area contributed by atoms with Crippen LogP contribution in [0.5, 0.6) is 5.75 Å². The van der Waals surface area contributed by atoms with Crippen LogP contribution in [0.4, 0.5) is 0 Å². The van der Waals surface area contributed by atoms with Crippen LogP contribution in [-0.2, 0) is 4.74 Å². The summed E-state index contributed by atoms with van der Waals surface area (Å²) in [5, 5.41) is 29.5. The molecule has 0 unspecified atom stereocenters. The summed E-state index contributed by atoms with van der Waals surface area (Å²) in [5.74, 6) is 0.691. The molecule has 4 atom stereocenters. The highest BCUT2D eigenvalue weighted by Gasteiger charge is 2.39. The van der Waals surface area contributed by atoms with Crippen LogP contribution in [0, 0.1) is 6.92 Å². The quantitative estimate of drug-likeness (QED) is 0.629. The number of oxazole rings is 1. The summed E-state index contributed by atoms with van der Waals surface area (Å²) in [6, 6.07) is 10.7. The second-order valence-corrected chi connectivity index (χ2v) is 6.91. The summed E-state index contributed by atoms with van der Waals surface area (Å²) in [5.41, 5.74) is 3.19. The van der Waals surface area contributed by atoms with Gasteiger partial charge in [-0.05, 0) is 42.8 Å². The number of aryl methyl sites for hydroxylation is 1. The molecule has 4 rings (SSSR count). The van der Waals surface area contributed by atoms with Crippen molar-refractivity contribution in [2.24, 2.45) is 0 Å². The van der Waals surface area contributed by atoms with Crippen molar-refractivity contribution in [3.63, 3.8) is 0 Å².